The van der Waals surface area contributed by atoms with Gasteiger partial charge >= 0.3 is 0 Å². The Hall–Kier alpha value is -4.27. The number of aryl methyl sites for hydroxylation is 1. The number of amides is 1. The van der Waals surface area contributed by atoms with Gasteiger partial charge in [0, 0.05) is 43.9 Å². The second kappa shape index (κ2) is 7.21. The number of H-pyrrole nitrogens is 1. The molecule has 31 heavy (non-hydrogen) atoms. The van der Waals surface area contributed by atoms with Crippen LogP contribution >= 0.6 is 0 Å². The van der Waals surface area contributed by atoms with Gasteiger partial charge in [-0.2, -0.15) is 0 Å². The van der Waals surface area contributed by atoms with E-state index < -0.39 is 0 Å². The minimum absolute atomic E-state index is 0.324. The lowest BCUT2D eigenvalue weighted by molar-refractivity contribution is 0.102. The minimum atomic E-state index is -0.324. The van der Waals surface area contributed by atoms with Crippen LogP contribution in [-0.4, -0.2) is 49.3 Å². The van der Waals surface area contributed by atoms with E-state index in [1.807, 2.05) is 66.7 Å². The summed E-state index contributed by atoms with van der Waals surface area (Å²) in [5, 5.41) is 2.80. The molecule has 9 heteroatoms. The highest BCUT2D eigenvalue weighted by Gasteiger charge is 2.14. The van der Waals surface area contributed by atoms with Crippen molar-refractivity contribution in [2.24, 2.45) is 0 Å². The molecule has 0 aliphatic rings. The molecule has 1 amide bonds. The average Bonchev–Trinajstić information content (AvgIpc) is 3.37. The molecule has 0 aliphatic carbocycles. The van der Waals surface area contributed by atoms with Gasteiger partial charge in [0.2, 0.25) is 11.9 Å². The number of aromatic nitrogens is 6. The number of carbonyl (C=O) groups is 1. The van der Waals surface area contributed by atoms with Gasteiger partial charge in [-0.05, 0) is 36.8 Å². The predicted molar refractivity (Wildman–Crippen MR) is 119 cm³/mol. The normalized spacial score (nSPS) is 11.2. The van der Waals surface area contributed by atoms with Crippen LogP contribution in [0.25, 0.3) is 27.8 Å². The number of aromatic amines is 1. The van der Waals surface area contributed by atoms with Crippen molar-refractivity contribution in [1.82, 2.24) is 29.3 Å². The third kappa shape index (κ3) is 3.46. The van der Waals surface area contributed by atoms with Crippen LogP contribution in [0.3, 0.4) is 0 Å². The molecule has 0 saturated heterocycles. The summed E-state index contributed by atoms with van der Waals surface area (Å²) in [6.07, 6.45) is 5.29. The maximum Gasteiger partial charge on any atom is 0.278 e. The largest absolute Gasteiger partial charge is 0.347 e. The summed E-state index contributed by atoms with van der Waals surface area (Å²) >= 11 is 0. The molecule has 1 aromatic carbocycles. The molecule has 0 aliphatic heterocycles. The topological polar surface area (TPSA) is 104 Å². The Kier molecular flexibility index (Phi) is 4.36. The maximum absolute atomic E-state index is 12.7. The van der Waals surface area contributed by atoms with Crippen molar-refractivity contribution >= 4 is 34.5 Å². The van der Waals surface area contributed by atoms with E-state index in [9.17, 15) is 4.79 Å². The van der Waals surface area contributed by atoms with Gasteiger partial charge in [-0.3, -0.25) is 10.1 Å². The summed E-state index contributed by atoms with van der Waals surface area (Å²) < 4.78 is 1.88. The quantitative estimate of drug-likeness (QED) is 0.469. The number of fused-ring (bicyclic) bond motifs is 2. The molecular weight excluding hydrogens is 392 g/mol. The van der Waals surface area contributed by atoms with Gasteiger partial charge in [-0.15, -0.1) is 0 Å². The van der Waals surface area contributed by atoms with Crippen molar-refractivity contribution in [2.45, 2.75) is 6.92 Å². The van der Waals surface area contributed by atoms with Gasteiger partial charge in [0.05, 0.1) is 11.0 Å². The van der Waals surface area contributed by atoms with Gasteiger partial charge in [0.15, 0.2) is 0 Å². The molecule has 0 spiro atoms. The zero-order chi connectivity index (χ0) is 21.5. The number of pyridine rings is 1. The van der Waals surface area contributed by atoms with E-state index in [-0.39, 0.29) is 5.91 Å². The minimum Gasteiger partial charge on any atom is -0.347 e. The first-order valence-electron chi connectivity index (χ1n) is 9.73. The van der Waals surface area contributed by atoms with Crippen LogP contribution in [0, 0.1) is 6.92 Å². The molecule has 0 bridgehead atoms. The summed E-state index contributed by atoms with van der Waals surface area (Å²) in [6.45, 7) is 1.96. The molecule has 4 heterocycles. The summed E-state index contributed by atoms with van der Waals surface area (Å²) in [4.78, 5) is 35.3. The fraction of sp³-hybridized carbons (Fsp3) is 0.136. The second-order valence-electron chi connectivity index (χ2n) is 7.46. The molecular formula is C22H20N8O. The number of hydrogen-bond donors (Lipinski definition) is 2. The number of nitrogens with zero attached hydrogens (tertiary/aromatic N) is 6. The molecule has 0 atom stereocenters. The lowest BCUT2D eigenvalue weighted by Crippen LogP contribution is -2.13. The third-order valence-electron chi connectivity index (χ3n) is 5.01. The Morgan fingerprint density at radius 3 is 2.61 bits per heavy atom. The number of nitrogens with one attached hydrogen (secondary N) is 2. The third-order valence-corrected chi connectivity index (χ3v) is 5.01. The van der Waals surface area contributed by atoms with Crippen LogP contribution in [0.1, 0.15) is 16.2 Å². The van der Waals surface area contributed by atoms with Crippen LogP contribution in [-0.2, 0) is 0 Å². The van der Waals surface area contributed by atoms with Crippen molar-refractivity contribution in [3.05, 3.63) is 66.4 Å². The van der Waals surface area contributed by atoms with E-state index in [1.165, 1.54) is 0 Å². The Bertz CT molecular complexity index is 1420. The number of rotatable bonds is 4. The molecule has 154 valence electrons. The highest BCUT2D eigenvalue weighted by molar-refractivity contribution is 6.03. The molecule has 5 rings (SSSR count). The lowest BCUT2D eigenvalue weighted by atomic mass is 10.1. The van der Waals surface area contributed by atoms with Crippen molar-refractivity contribution in [3.8, 4) is 11.1 Å². The van der Waals surface area contributed by atoms with Gasteiger partial charge in [-0.1, -0.05) is 12.1 Å². The Labute approximate surface area is 177 Å². The highest BCUT2D eigenvalue weighted by atomic mass is 16.2. The lowest BCUT2D eigenvalue weighted by Gasteiger charge is -2.09. The number of anilines is 2. The second-order valence-corrected chi connectivity index (χ2v) is 7.46. The summed E-state index contributed by atoms with van der Waals surface area (Å²) in [5.74, 6) is 0.693. The Balaban J connectivity index is 1.40. The number of hydrogen-bond acceptors (Lipinski definition) is 6. The Morgan fingerprint density at radius 2 is 1.87 bits per heavy atom. The summed E-state index contributed by atoms with van der Waals surface area (Å²) in [6, 6.07) is 11.5. The van der Waals surface area contributed by atoms with E-state index in [0.29, 0.717) is 17.6 Å². The summed E-state index contributed by atoms with van der Waals surface area (Å²) in [5.41, 5.74) is 5.45. The molecule has 0 fully saturated rings. The van der Waals surface area contributed by atoms with Crippen molar-refractivity contribution < 1.29 is 4.79 Å². The fourth-order valence-corrected chi connectivity index (χ4v) is 3.38. The molecule has 0 saturated carbocycles. The van der Waals surface area contributed by atoms with Crippen molar-refractivity contribution in [2.75, 3.05) is 24.3 Å². The van der Waals surface area contributed by atoms with E-state index in [4.69, 9.17) is 0 Å². The van der Waals surface area contributed by atoms with Crippen molar-refractivity contribution in [3.63, 3.8) is 0 Å². The van der Waals surface area contributed by atoms with Crippen molar-refractivity contribution in [1.29, 1.82) is 0 Å². The molecule has 4 aromatic heterocycles. The standard InChI is InChI=1S/C22H20N8O/c1-13-5-4-6-19-25-18(12-30(13)19)20(31)28-21-26-16-8-7-14(9-17(16)27-21)15-10-23-22(24-11-15)29(2)3/h4-12H,1-3H3,(H2,26,27,28,31). The van der Waals surface area contributed by atoms with Crippen LogP contribution in [0.4, 0.5) is 11.9 Å². The van der Waals surface area contributed by atoms with Gasteiger partial charge < -0.3 is 14.3 Å². The van der Waals surface area contributed by atoms with E-state index in [0.717, 1.165) is 33.5 Å². The molecule has 5 aromatic rings. The first-order chi connectivity index (χ1) is 15.0. The van der Waals surface area contributed by atoms with Crippen LogP contribution in [0.2, 0.25) is 0 Å². The van der Waals surface area contributed by atoms with Crippen LogP contribution in [0.5, 0.6) is 0 Å². The molecule has 2 N–H and O–H groups in total. The van der Waals surface area contributed by atoms with Crippen LogP contribution < -0.4 is 10.2 Å². The zero-order valence-electron chi connectivity index (χ0n) is 17.3. The number of imidazole rings is 2. The summed E-state index contributed by atoms with van der Waals surface area (Å²) in [7, 11) is 3.80. The first kappa shape index (κ1) is 18.7. The predicted octanol–water partition coefficient (Wildman–Crippen LogP) is 3.29. The van der Waals surface area contributed by atoms with E-state index >= 15 is 0 Å². The monoisotopic (exact) mass is 412 g/mol. The van der Waals surface area contributed by atoms with E-state index in [1.54, 1.807) is 18.6 Å². The molecule has 0 unspecified atom stereocenters. The first-order valence-corrected chi connectivity index (χ1v) is 9.73. The zero-order valence-corrected chi connectivity index (χ0v) is 17.3. The Morgan fingerprint density at radius 1 is 1.06 bits per heavy atom. The SMILES string of the molecule is Cc1cccc2nc(C(=O)Nc3nc4ccc(-c5cnc(N(C)C)nc5)cc4[nH]3)cn12. The number of carbonyl (C=O) groups excluding carboxylic acids is 1. The maximum atomic E-state index is 12.7. The smallest absolute Gasteiger partial charge is 0.278 e. The van der Waals surface area contributed by atoms with Gasteiger partial charge in [-0.25, -0.2) is 19.9 Å². The molecule has 9 nitrogen and oxygen atoms in total. The van der Waals surface area contributed by atoms with Gasteiger partial charge in [0.25, 0.3) is 5.91 Å². The number of benzene rings is 1. The molecule has 0 radical (unpaired) electrons. The van der Waals surface area contributed by atoms with E-state index in [2.05, 4.69) is 30.2 Å². The highest BCUT2D eigenvalue weighted by Crippen LogP contribution is 2.24. The average molecular weight is 412 g/mol. The fourth-order valence-electron chi connectivity index (χ4n) is 3.38. The van der Waals surface area contributed by atoms with Crippen LogP contribution in [0.15, 0.2) is 55.0 Å². The van der Waals surface area contributed by atoms with Gasteiger partial charge in [0.1, 0.15) is 11.3 Å².